The fourth-order valence-corrected chi connectivity index (χ4v) is 3.15. The number of nitrogens with two attached hydrogens (primary N) is 1. The van der Waals surface area contributed by atoms with Crippen LogP contribution in [0.15, 0.2) is 24.5 Å². The number of nitrogen functional groups attached to an aromatic ring is 1. The molecule has 0 aromatic carbocycles. The predicted octanol–water partition coefficient (Wildman–Crippen LogP) is 0.540. The topological polar surface area (TPSA) is 91.2 Å². The van der Waals surface area contributed by atoms with E-state index in [1.54, 1.807) is 17.9 Å². The average molecular weight is 332 g/mol. The van der Waals surface area contributed by atoms with E-state index < -0.39 is 0 Å². The van der Waals surface area contributed by atoms with Crippen molar-refractivity contribution >= 4 is 11.7 Å². The molecule has 0 radical (unpaired) electrons. The first kappa shape index (κ1) is 16.5. The van der Waals surface area contributed by atoms with Crippen LogP contribution in [0, 0.1) is 0 Å². The molecule has 1 fully saturated rings. The Morgan fingerprint density at radius 3 is 2.75 bits per heavy atom. The van der Waals surface area contributed by atoms with Gasteiger partial charge < -0.3 is 15.4 Å². The lowest BCUT2D eigenvalue weighted by molar-refractivity contribution is -0.131. The van der Waals surface area contributed by atoms with Crippen molar-refractivity contribution in [3.8, 4) is 0 Å². The summed E-state index contributed by atoms with van der Waals surface area (Å²) in [7, 11) is 1.69. The second kappa shape index (κ2) is 7.04. The number of hydrogen-bond donors (Lipinski definition) is 1. The second-order valence-electron chi connectivity index (χ2n) is 6.10. The molecule has 0 aliphatic carbocycles. The molecule has 2 atom stereocenters. The van der Waals surface area contributed by atoms with Crippen molar-refractivity contribution < 1.29 is 9.53 Å². The maximum absolute atomic E-state index is 12.7. The number of carbonyl (C=O) groups excluding carboxylic acids is 1. The van der Waals surface area contributed by atoms with Gasteiger partial charge in [-0.1, -0.05) is 0 Å². The fourth-order valence-electron chi connectivity index (χ4n) is 3.15. The maximum atomic E-state index is 12.7. The van der Waals surface area contributed by atoms with Crippen LogP contribution in [0.4, 0.5) is 5.82 Å². The quantitative estimate of drug-likeness (QED) is 0.834. The first-order chi connectivity index (χ1) is 11.6. The van der Waals surface area contributed by atoms with Gasteiger partial charge in [0, 0.05) is 32.6 Å². The first-order valence-corrected chi connectivity index (χ1v) is 8.22. The fraction of sp³-hybridized carbons (Fsp3) is 0.562. The van der Waals surface area contributed by atoms with E-state index in [1.165, 1.54) is 0 Å². The molecule has 2 aromatic rings. The number of ether oxygens (including phenoxy) is 1. The SMILES string of the molecule is CCn1ccc(CC(=O)N2C[C@@H](OC)C[C@H]2Cn2ccc(N)n2)n1. The minimum absolute atomic E-state index is 0.0509. The van der Waals surface area contributed by atoms with E-state index in [-0.39, 0.29) is 18.1 Å². The summed E-state index contributed by atoms with van der Waals surface area (Å²) in [6.45, 7) is 4.04. The summed E-state index contributed by atoms with van der Waals surface area (Å²) < 4.78 is 9.08. The van der Waals surface area contributed by atoms with Crippen LogP contribution < -0.4 is 5.73 Å². The molecule has 8 nitrogen and oxygen atoms in total. The van der Waals surface area contributed by atoms with Crippen molar-refractivity contribution in [3.63, 3.8) is 0 Å². The zero-order valence-electron chi connectivity index (χ0n) is 14.1. The molecule has 1 aliphatic rings. The van der Waals surface area contributed by atoms with Gasteiger partial charge in [-0.15, -0.1) is 0 Å². The van der Waals surface area contributed by atoms with Crippen LogP contribution in [0.2, 0.25) is 0 Å². The van der Waals surface area contributed by atoms with E-state index >= 15 is 0 Å². The lowest BCUT2D eigenvalue weighted by Crippen LogP contribution is -2.39. The monoisotopic (exact) mass is 332 g/mol. The lowest BCUT2D eigenvalue weighted by Gasteiger charge is -2.24. The minimum Gasteiger partial charge on any atom is -0.382 e. The van der Waals surface area contributed by atoms with Gasteiger partial charge in [-0.3, -0.25) is 14.2 Å². The summed E-state index contributed by atoms with van der Waals surface area (Å²) in [5.74, 6) is 0.556. The summed E-state index contributed by atoms with van der Waals surface area (Å²) in [4.78, 5) is 14.6. The highest BCUT2D eigenvalue weighted by atomic mass is 16.5. The molecule has 3 rings (SSSR count). The van der Waals surface area contributed by atoms with E-state index in [4.69, 9.17) is 10.5 Å². The molecule has 1 saturated heterocycles. The van der Waals surface area contributed by atoms with Crippen LogP contribution in [-0.2, 0) is 29.0 Å². The van der Waals surface area contributed by atoms with Gasteiger partial charge in [0.05, 0.1) is 30.8 Å². The van der Waals surface area contributed by atoms with E-state index in [2.05, 4.69) is 10.2 Å². The van der Waals surface area contributed by atoms with Crippen molar-refractivity contribution in [2.75, 3.05) is 19.4 Å². The van der Waals surface area contributed by atoms with Crippen molar-refractivity contribution in [2.45, 2.75) is 45.0 Å². The first-order valence-electron chi connectivity index (χ1n) is 8.22. The van der Waals surface area contributed by atoms with Crippen LogP contribution in [0.3, 0.4) is 0 Å². The summed E-state index contributed by atoms with van der Waals surface area (Å²) >= 11 is 0. The Morgan fingerprint density at radius 2 is 2.12 bits per heavy atom. The van der Waals surface area contributed by atoms with Gasteiger partial charge in [0.25, 0.3) is 0 Å². The molecule has 1 amide bonds. The van der Waals surface area contributed by atoms with Crippen molar-refractivity contribution in [2.24, 2.45) is 0 Å². The molecule has 2 aromatic heterocycles. The van der Waals surface area contributed by atoms with Crippen LogP contribution >= 0.6 is 0 Å². The molecule has 0 saturated carbocycles. The Bertz CT molecular complexity index is 694. The van der Waals surface area contributed by atoms with Gasteiger partial charge in [-0.2, -0.15) is 10.2 Å². The Labute approximate surface area is 141 Å². The minimum atomic E-state index is 0.0509. The van der Waals surface area contributed by atoms with Crippen LogP contribution in [0.5, 0.6) is 0 Å². The molecule has 1 aliphatic heterocycles. The van der Waals surface area contributed by atoms with E-state index in [9.17, 15) is 4.79 Å². The van der Waals surface area contributed by atoms with Crippen molar-refractivity contribution in [3.05, 3.63) is 30.2 Å². The number of nitrogens with zero attached hydrogens (tertiary/aromatic N) is 5. The highest BCUT2D eigenvalue weighted by molar-refractivity contribution is 5.79. The number of carbonyl (C=O) groups is 1. The number of anilines is 1. The second-order valence-corrected chi connectivity index (χ2v) is 6.10. The third-order valence-electron chi connectivity index (χ3n) is 4.44. The summed E-state index contributed by atoms with van der Waals surface area (Å²) in [5.41, 5.74) is 6.47. The Morgan fingerprint density at radius 1 is 1.33 bits per heavy atom. The van der Waals surface area contributed by atoms with Gasteiger partial charge in [-0.05, 0) is 25.5 Å². The Hall–Kier alpha value is -2.35. The number of amides is 1. The molecular formula is C16H24N6O2. The standard InChI is InChI=1S/C16H24N6O2/c1-3-20-6-4-12(18-20)8-16(23)22-11-14(24-2)9-13(22)10-21-7-5-15(17)19-21/h4-7,13-14H,3,8-11H2,1-2H3,(H2,17,19)/t13-,14-/m0/s1. The summed E-state index contributed by atoms with van der Waals surface area (Å²) in [6.07, 6.45) is 4.89. The van der Waals surface area contributed by atoms with Gasteiger partial charge in [0.15, 0.2) is 0 Å². The third kappa shape index (κ3) is 3.59. The molecule has 0 spiro atoms. The van der Waals surface area contributed by atoms with Crippen LogP contribution in [0.1, 0.15) is 19.0 Å². The number of aryl methyl sites for hydroxylation is 1. The number of methoxy groups -OCH3 is 1. The molecular weight excluding hydrogens is 308 g/mol. The summed E-state index contributed by atoms with van der Waals surface area (Å²) in [6, 6.07) is 3.70. The molecule has 130 valence electrons. The Balaban J connectivity index is 1.68. The average Bonchev–Trinajstić information content (AvgIpc) is 3.28. The normalized spacial score (nSPS) is 20.7. The van der Waals surface area contributed by atoms with Crippen molar-refractivity contribution in [1.82, 2.24) is 24.5 Å². The zero-order valence-corrected chi connectivity index (χ0v) is 14.1. The van der Waals surface area contributed by atoms with Crippen molar-refractivity contribution in [1.29, 1.82) is 0 Å². The van der Waals surface area contributed by atoms with Crippen LogP contribution in [0.25, 0.3) is 0 Å². The largest absolute Gasteiger partial charge is 0.382 e. The number of rotatable bonds is 6. The third-order valence-corrected chi connectivity index (χ3v) is 4.44. The molecule has 0 bridgehead atoms. The molecule has 2 N–H and O–H groups in total. The van der Waals surface area contributed by atoms with E-state index in [0.29, 0.717) is 25.3 Å². The predicted molar refractivity (Wildman–Crippen MR) is 89.2 cm³/mol. The maximum Gasteiger partial charge on any atom is 0.229 e. The van der Waals surface area contributed by atoms with E-state index in [0.717, 1.165) is 18.7 Å². The summed E-state index contributed by atoms with van der Waals surface area (Å²) in [5, 5.41) is 8.61. The lowest BCUT2D eigenvalue weighted by atomic mass is 10.2. The van der Waals surface area contributed by atoms with Gasteiger partial charge in [0.2, 0.25) is 5.91 Å². The molecule has 8 heteroatoms. The van der Waals surface area contributed by atoms with Gasteiger partial charge in [-0.25, -0.2) is 0 Å². The highest BCUT2D eigenvalue weighted by Crippen LogP contribution is 2.22. The number of aromatic nitrogens is 4. The zero-order chi connectivity index (χ0) is 17.1. The number of likely N-dealkylation sites (tertiary alicyclic amines) is 1. The molecule has 24 heavy (non-hydrogen) atoms. The van der Waals surface area contributed by atoms with Gasteiger partial charge in [0.1, 0.15) is 5.82 Å². The molecule has 0 unspecified atom stereocenters. The highest BCUT2D eigenvalue weighted by Gasteiger charge is 2.35. The van der Waals surface area contributed by atoms with Crippen LogP contribution in [-0.4, -0.2) is 56.2 Å². The smallest absolute Gasteiger partial charge is 0.229 e. The van der Waals surface area contributed by atoms with Gasteiger partial charge >= 0.3 is 0 Å². The van der Waals surface area contributed by atoms with E-state index in [1.807, 2.05) is 35.0 Å². The Kier molecular flexibility index (Phi) is 4.84. The molecule has 3 heterocycles. The number of hydrogen-bond acceptors (Lipinski definition) is 5.